The second kappa shape index (κ2) is 14.0. The van der Waals surface area contributed by atoms with Gasteiger partial charge >= 0.3 is 5.97 Å². The fourth-order valence-corrected chi connectivity index (χ4v) is 7.57. The molecule has 0 unspecified atom stereocenters. The summed E-state index contributed by atoms with van der Waals surface area (Å²) >= 11 is 0. The largest absolute Gasteiger partial charge is 0.480 e. The Kier molecular flexibility index (Phi) is 10.2. The molecule has 47 heavy (non-hydrogen) atoms. The molecule has 1 saturated carbocycles. The molecule has 2 aromatic rings. The first-order valence-corrected chi connectivity index (χ1v) is 17.6. The van der Waals surface area contributed by atoms with Gasteiger partial charge in [-0.05, 0) is 41.8 Å². The lowest BCUT2D eigenvalue weighted by Crippen LogP contribution is -2.33. The van der Waals surface area contributed by atoms with Gasteiger partial charge in [-0.3, -0.25) is 10.9 Å². The van der Waals surface area contributed by atoms with Crippen LogP contribution in [-0.2, 0) is 15.6 Å². The Morgan fingerprint density at radius 1 is 1.04 bits per heavy atom. The van der Waals surface area contributed by atoms with Gasteiger partial charge in [0.05, 0.1) is 0 Å². The van der Waals surface area contributed by atoms with E-state index >= 15 is 0 Å². The van der Waals surface area contributed by atoms with E-state index in [4.69, 9.17) is 4.99 Å². The lowest BCUT2D eigenvalue weighted by atomic mass is 9.77. The van der Waals surface area contributed by atoms with Crippen LogP contribution in [0.1, 0.15) is 103 Å². The van der Waals surface area contributed by atoms with Crippen molar-refractivity contribution in [1.82, 2.24) is 4.58 Å². The smallest absolute Gasteiger partial charge is 0.325 e. The molecule has 5 heteroatoms. The monoisotopic (exact) mass is 632 g/mol. The third-order valence-electron chi connectivity index (χ3n) is 10.2. The molecular weight excluding hydrogens is 578 g/mol. The molecule has 0 saturated heterocycles. The van der Waals surface area contributed by atoms with Crippen LogP contribution in [0, 0.1) is 18.9 Å². The summed E-state index contributed by atoms with van der Waals surface area (Å²) in [6.07, 6.45) is 16.3. The van der Waals surface area contributed by atoms with E-state index in [9.17, 15) is 9.90 Å². The molecule has 1 N–H and O–H groups in total. The van der Waals surface area contributed by atoms with Gasteiger partial charge in [0.2, 0.25) is 0 Å². The molecule has 2 heterocycles. The molecule has 0 radical (unpaired) electrons. The molecule has 0 amide bonds. The number of allylic oxidation sites excluding steroid dienone is 5. The van der Waals surface area contributed by atoms with Crippen LogP contribution in [0.2, 0.25) is 0 Å². The van der Waals surface area contributed by atoms with Crippen molar-refractivity contribution in [2.45, 2.75) is 104 Å². The minimum Gasteiger partial charge on any atom is -0.480 e. The van der Waals surface area contributed by atoms with Crippen LogP contribution in [0.4, 0.5) is 5.69 Å². The van der Waals surface area contributed by atoms with Crippen LogP contribution in [0.25, 0.3) is 6.58 Å². The molecule has 0 aromatic heterocycles. The number of carboxylic acid groups (broad SMARTS) is 1. The first-order chi connectivity index (χ1) is 22.4. The number of aryl methyl sites for hydroxylation is 1. The van der Waals surface area contributed by atoms with Gasteiger partial charge in [-0.1, -0.05) is 122 Å². The van der Waals surface area contributed by atoms with Crippen LogP contribution in [0.3, 0.4) is 0 Å². The number of benzene rings is 2. The van der Waals surface area contributed by atoms with E-state index in [0.29, 0.717) is 0 Å². The molecule has 2 aliphatic heterocycles. The maximum absolute atomic E-state index is 11.8. The molecular formula is C42H54N3O2-. The summed E-state index contributed by atoms with van der Waals surface area (Å²) in [4.78, 5) is 19.0. The van der Waals surface area contributed by atoms with Crippen LogP contribution in [-0.4, -0.2) is 36.4 Å². The minimum absolute atomic E-state index is 0.138. The summed E-state index contributed by atoms with van der Waals surface area (Å²) in [6.45, 7) is 21.8. The predicted molar refractivity (Wildman–Crippen MR) is 197 cm³/mol. The zero-order chi connectivity index (χ0) is 33.9. The average molecular weight is 633 g/mol. The molecule has 0 spiro atoms. The van der Waals surface area contributed by atoms with E-state index in [1.807, 2.05) is 0 Å². The number of fused-ring (bicyclic) bond motifs is 2. The second-order valence-corrected chi connectivity index (χ2v) is 14.5. The van der Waals surface area contributed by atoms with Gasteiger partial charge in [0, 0.05) is 41.2 Å². The highest BCUT2D eigenvalue weighted by Gasteiger charge is 2.40. The van der Waals surface area contributed by atoms with Gasteiger partial charge in [-0.2, -0.15) is 5.92 Å². The van der Waals surface area contributed by atoms with Crippen molar-refractivity contribution < 1.29 is 9.90 Å². The molecule has 0 atom stereocenters. The van der Waals surface area contributed by atoms with Crippen molar-refractivity contribution in [3.8, 4) is 0 Å². The Labute approximate surface area is 282 Å². The standard InChI is InChI=1S/C42H54N3O2/c1-9-11-24-44-35-20-16-29(3)26-33(35)41(5,6)37(44)22-18-31-14-13-15-32(40(31)43-28-39(46)47)19-23-38-42(7,8)34-27-30(4)17-21-36(34)45(38)25-12-10-2/h16-23,26-27H,3,9-15,24-25,28H2,1-2,4-8H3,(H,46,47)/q-1/b22-18+,32-19+,38-23-,43-40?. The van der Waals surface area contributed by atoms with E-state index in [2.05, 4.69) is 125 Å². The molecule has 1 aliphatic carbocycles. The highest BCUT2D eigenvalue weighted by atomic mass is 16.4. The average Bonchev–Trinajstić information content (AvgIpc) is 3.36. The SMILES string of the molecule is C=c1ccc2c(c1)C(C)(C)[C-](/C=C/[C-]1CCC/C(=C\C=C3/N(CCCC)c4ccc(C)cc4C3(C)C)C1=NCC(=O)O)[N+]=2CCCC. The van der Waals surface area contributed by atoms with E-state index in [-0.39, 0.29) is 17.4 Å². The fourth-order valence-electron chi connectivity index (χ4n) is 7.57. The number of carboxylic acids is 1. The number of rotatable bonds is 11. The van der Waals surface area contributed by atoms with Gasteiger partial charge in [0.1, 0.15) is 18.4 Å². The van der Waals surface area contributed by atoms with Crippen molar-refractivity contribution in [1.29, 1.82) is 0 Å². The zero-order valence-corrected chi connectivity index (χ0v) is 29.7. The molecule has 2 aromatic carbocycles. The number of hydrogen-bond donors (Lipinski definition) is 1. The number of anilines is 1. The third kappa shape index (κ3) is 6.86. The van der Waals surface area contributed by atoms with Gasteiger partial charge in [-0.15, -0.1) is 11.6 Å². The van der Waals surface area contributed by atoms with Crippen molar-refractivity contribution in [3.05, 3.63) is 111 Å². The van der Waals surface area contributed by atoms with E-state index in [0.717, 1.165) is 80.5 Å². The number of carbonyl (C=O) groups is 1. The van der Waals surface area contributed by atoms with E-state index in [1.54, 1.807) is 0 Å². The van der Waals surface area contributed by atoms with Crippen molar-refractivity contribution >= 4 is 23.9 Å². The van der Waals surface area contributed by atoms with E-state index in [1.165, 1.54) is 39.5 Å². The predicted octanol–water partition coefficient (Wildman–Crippen LogP) is 7.77. The fraction of sp³-hybridized carbons (Fsp3) is 0.452. The summed E-state index contributed by atoms with van der Waals surface area (Å²) < 4.78 is 2.47. The maximum atomic E-state index is 11.8. The van der Waals surface area contributed by atoms with Crippen LogP contribution >= 0.6 is 0 Å². The van der Waals surface area contributed by atoms with Crippen LogP contribution in [0.5, 0.6) is 0 Å². The summed E-state index contributed by atoms with van der Waals surface area (Å²) in [6, 6.07) is 14.6. The topological polar surface area (TPSA) is 55.9 Å². The summed E-state index contributed by atoms with van der Waals surface area (Å²) in [5, 5.41) is 11.9. The Balaban J connectivity index is 1.52. The normalized spacial score (nSPS) is 21.0. The van der Waals surface area contributed by atoms with Gasteiger partial charge in [0.15, 0.2) is 0 Å². The summed E-state index contributed by atoms with van der Waals surface area (Å²) in [5.41, 5.74) is 8.19. The van der Waals surface area contributed by atoms with E-state index < -0.39 is 5.97 Å². The molecule has 0 bridgehead atoms. The molecule has 1 fully saturated rings. The number of aliphatic carboxylic acids is 1. The number of nitrogens with zero attached hydrogens (tertiary/aromatic N) is 3. The van der Waals surface area contributed by atoms with Crippen LogP contribution in [0.15, 0.2) is 77.0 Å². The molecule has 250 valence electrons. The maximum Gasteiger partial charge on any atom is 0.325 e. The molecule has 3 aliphatic rings. The Hall–Kier alpha value is -3.99. The van der Waals surface area contributed by atoms with Gasteiger partial charge < -0.3 is 19.6 Å². The first-order valence-electron chi connectivity index (χ1n) is 17.6. The molecule has 5 rings (SSSR count). The second-order valence-electron chi connectivity index (χ2n) is 14.5. The summed E-state index contributed by atoms with van der Waals surface area (Å²) in [7, 11) is 0. The Bertz CT molecular complexity index is 1740. The highest BCUT2D eigenvalue weighted by molar-refractivity contribution is 6.12. The minimum atomic E-state index is -0.908. The van der Waals surface area contributed by atoms with Crippen LogP contribution < -0.4 is 20.1 Å². The Morgan fingerprint density at radius 2 is 1.81 bits per heavy atom. The number of aliphatic imine (C=N–C) groups is 1. The van der Waals surface area contributed by atoms with Crippen molar-refractivity contribution in [3.63, 3.8) is 0 Å². The quantitative estimate of drug-likeness (QED) is 0.203. The highest BCUT2D eigenvalue weighted by Crippen LogP contribution is 2.48. The zero-order valence-electron chi connectivity index (χ0n) is 29.7. The van der Waals surface area contributed by atoms with Gasteiger partial charge in [0.25, 0.3) is 0 Å². The van der Waals surface area contributed by atoms with Crippen molar-refractivity contribution in [2.24, 2.45) is 4.99 Å². The third-order valence-corrected chi connectivity index (χ3v) is 10.2. The Morgan fingerprint density at radius 3 is 2.53 bits per heavy atom. The van der Waals surface area contributed by atoms with Gasteiger partial charge in [-0.25, -0.2) is 6.08 Å². The number of unbranched alkanes of at least 4 members (excludes halogenated alkanes) is 2. The lowest BCUT2D eigenvalue weighted by molar-refractivity contribution is -0.135. The summed E-state index contributed by atoms with van der Waals surface area (Å²) in [5.74, 6) is 0.205. The lowest BCUT2D eigenvalue weighted by Gasteiger charge is -2.37. The molecule has 5 nitrogen and oxygen atoms in total. The van der Waals surface area contributed by atoms with Crippen molar-refractivity contribution in [2.75, 3.05) is 24.5 Å². The first kappa shape index (κ1) is 34.3. The number of hydrogen-bond acceptors (Lipinski definition) is 3.